The lowest BCUT2D eigenvalue weighted by atomic mass is 9.85. The van der Waals surface area contributed by atoms with Crippen molar-refractivity contribution in [2.45, 2.75) is 51.6 Å². The number of hydrogen-bond acceptors (Lipinski definition) is 4. The molecular formula is C17H28ClN5O2. The molecule has 1 aliphatic carbocycles. The first-order valence-corrected chi connectivity index (χ1v) is 8.92. The van der Waals surface area contributed by atoms with Gasteiger partial charge in [0.25, 0.3) is 0 Å². The summed E-state index contributed by atoms with van der Waals surface area (Å²) in [6.45, 7) is 4.42. The van der Waals surface area contributed by atoms with E-state index in [-0.39, 0.29) is 30.8 Å². The van der Waals surface area contributed by atoms with Gasteiger partial charge in [-0.25, -0.2) is 0 Å². The lowest BCUT2D eigenvalue weighted by Crippen LogP contribution is -2.34. The number of nitrogens with zero attached hydrogens (tertiary/aromatic N) is 2. The summed E-state index contributed by atoms with van der Waals surface area (Å²) in [5.74, 6) is 0.905. The Morgan fingerprint density at radius 1 is 1.36 bits per heavy atom. The van der Waals surface area contributed by atoms with E-state index in [1.807, 2.05) is 0 Å². The molecule has 1 aliphatic heterocycles. The second-order valence-electron chi connectivity index (χ2n) is 7.10. The molecule has 2 atom stereocenters. The van der Waals surface area contributed by atoms with Crippen LogP contribution in [0, 0.1) is 11.8 Å². The van der Waals surface area contributed by atoms with Crippen molar-refractivity contribution in [1.82, 2.24) is 20.4 Å². The highest BCUT2D eigenvalue weighted by molar-refractivity contribution is 5.90. The van der Waals surface area contributed by atoms with E-state index in [1.54, 1.807) is 17.1 Å². The van der Waals surface area contributed by atoms with Gasteiger partial charge >= 0.3 is 0 Å². The maximum absolute atomic E-state index is 12.2. The first-order valence-electron chi connectivity index (χ1n) is 8.92. The van der Waals surface area contributed by atoms with Crippen molar-refractivity contribution in [3.05, 3.63) is 12.4 Å². The van der Waals surface area contributed by atoms with E-state index >= 15 is 0 Å². The number of anilines is 1. The topological polar surface area (TPSA) is 88.0 Å². The average Bonchev–Trinajstić information content (AvgIpc) is 3.26. The monoisotopic (exact) mass is 369 g/mol. The van der Waals surface area contributed by atoms with E-state index in [1.165, 1.54) is 12.8 Å². The number of piperidine rings is 1. The van der Waals surface area contributed by atoms with Crippen LogP contribution < -0.4 is 16.0 Å². The Morgan fingerprint density at radius 2 is 2.16 bits per heavy atom. The minimum absolute atomic E-state index is 0. The molecule has 0 aromatic carbocycles. The Bertz CT molecular complexity index is 581. The summed E-state index contributed by atoms with van der Waals surface area (Å²) in [5.41, 5.74) is 0.646. The second kappa shape index (κ2) is 9.20. The smallest absolute Gasteiger partial charge is 0.241 e. The molecule has 1 saturated carbocycles. The van der Waals surface area contributed by atoms with Gasteiger partial charge in [-0.05, 0) is 50.6 Å². The highest BCUT2D eigenvalue weighted by atomic mass is 35.5. The molecule has 2 unspecified atom stereocenters. The Morgan fingerprint density at radius 3 is 2.84 bits per heavy atom. The predicted octanol–water partition coefficient (Wildman–Crippen LogP) is 1.55. The number of nitrogens with one attached hydrogen (secondary N) is 3. The summed E-state index contributed by atoms with van der Waals surface area (Å²) in [6, 6.07) is 0.350. The SMILES string of the molecule is CC(CC(=O)Nc1cnn(CC(=O)NC2CC2)c1)C1CCCNC1.Cl. The van der Waals surface area contributed by atoms with Crippen LogP contribution >= 0.6 is 12.4 Å². The number of carbonyl (C=O) groups is 2. The zero-order valence-corrected chi connectivity index (χ0v) is 15.5. The second-order valence-corrected chi connectivity index (χ2v) is 7.10. The van der Waals surface area contributed by atoms with Crippen molar-refractivity contribution in [3.63, 3.8) is 0 Å². The van der Waals surface area contributed by atoms with Crippen LogP contribution in [0.4, 0.5) is 5.69 Å². The molecule has 1 aromatic rings. The van der Waals surface area contributed by atoms with Crippen molar-refractivity contribution >= 4 is 29.9 Å². The van der Waals surface area contributed by atoms with Crippen molar-refractivity contribution in [1.29, 1.82) is 0 Å². The molecule has 2 fully saturated rings. The van der Waals surface area contributed by atoms with Crippen molar-refractivity contribution < 1.29 is 9.59 Å². The van der Waals surface area contributed by atoms with Crippen LogP contribution in [0.2, 0.25) is 0 Å². The molecule has 25 heavy (non-hydrogen) atoms. The van der Waals surface area contributed by atoms with E-state index in [4.69, 9.17) is 0 Å². The maximum atomic E-state index is 12.2. The predicted molar refractivity (Wildman–Crippen MR) is 98.6 cm³/mol. The van der Waals surface area contributed by atoms with Gasteiger partial charge < -0.3 is 16.0 Å². The van der Waals surface area contributed by atoms with Crippen LogP contribution in [0.3, 0.4) is 0 Å². The van der Waals surface area contributed by atoms with Crippen LogP contribution in [0.15, 0.2) is 12.4 Å². The summed E-state index contributed by atoms with van der Waals surface area (Å²) in [4.78, 5) is 24.0. The first kappa shape index (κ1) is 19.7. The minimum Gasteiger partial charge on any atom is -0.352 e. The van der Waals surface area contributed by atoms with Crippen molar-refractivity contribution in [2.75, 3.05) is 18.4 Å². The van der Waals surface area contributed by atoms with Crippen LogP contribution in [-0.4, -0.2) is 40.7 Å². The molecule has 3 N–H and O–H groups in total. The highest BCUT2D eigenvalue weighted by Gasteiger charge is 2.24. The third kappa shape index (κ3) is 6.32. The number of carbonyl (C=O) groups excluding carboxylic acids is 2. The van der Waals surface area contributed by atoms with Crippen LogP contribution in [0.5, 0.6) is 0 Å². The third-order valence-corrected chi connectivity index (χ3v) is 4.81. The van der Waals surface area contributed by atoms with Gasteiger partial charge in [0.1, 0.15) is 6.54 Å². The molecule has 1 aromatic heterocycles. The quantitative estimate of drug-likeness (QED) is 0.680. The molecule has 3 rings (SSSR count). The van der Waals surface area contributed by atoms with Gasteiger partial charge in [0.05, 0.1) is 11.9 Å². The standard InChI is InChI=1S/C17H27N5O2.ClH/c1-12(13-3-2-6-18-8-13)7-16(23)21-15-9-19-22(10-15)11-17(24)20-14-4-5-14;/h9-10,12-14,18H,2-8,11H2,1H3,(H,20,24)(H,21,23);1H. The van der Waals surface area contributed by atoms with Gasteiger partial charge in [0.15, 0.2) is 0 Å². The fourth-order valence-electron chi connectivity index (χ4n) is 3.20. The molecule has 1 saturated heterocycles. The number of halogens is 1. The van der Waals surface area contributed by atoms with Crippen LogP contribution in [0.25, 0.3) is 0 Å². The zero-order valence-electron chi connectivity index (χ0n) is 14.7. The van der Waals surface area contributed by atoms with Gasteiger partial charge in [0.2, 0.25) is 11.8 Å². The molecule has 140 valence electrons. The minimum atomic E-state index is -0.0307. The molecule has 8 heteroatoms. The molecule has 0 spiro atoms. The Balaban J connectivity index is 0.00000225. The largest absolute Gasteiger partial charge is 0.352 e. The van der Waals surface area contributed by atoms with E-state index in [0.717, 1.165) is 25.9 Å². The van der Waals surface area contributed by atoms with Gasteiger partial charge in [-0.1, -0.05) is 6.92 Å². The van der Waals surface area contributed by atoms with Crippen LogP contribution in [-0.2, 0) is 16.1 Å². The molecule has 0 bridgehead atoms. The van der Waals surface area contributed by atoms with Gasteiger partial charge in [-0.15, -0.1) is 12.4 Å². The number of rotatable bonds is 7. The first-order chi connectivity index (χ1) is 11.6. The Hall–Kier alpha value is -1.60. The van der Waals surface area contributed by atoms with E-state index in [2.05, 4.69) is 28.0 Å². The zero-order chi connectivity index (χ0) is 16.9. The maximum Gasteiger partial charge on any atom is 0.241 e. The Labute approximate surface area is 154 Å². The molecule has 7 nitrogen and oxygen atoms in total. The fraction of sp³-hybridized carbons (Fsp3) is 0.706. The summed E-state index contributed by atoms with van der Waals surface area (Å²) in [5, 5.41) is 13.3. The van der Waals surface area contributed by atoms with Crippen LogP contribution in [0.1, 0.15) is 39.0 Å². The number of aromatic nitrogens is 2. The normalized spacial score (nSPS) is 21.1. The van der Waals surface area contributed by atoms with Crippen molar-refractivity contribution in [2.24, 2.45) is 11.8 Å². The lowest BCUT2D eigenvalue weighted by molar-refractivity contribution is -0.122. The molecule has 2 heterocycles. The molecule has 2 amide bonds. The van der Waals surface area contributed by atoms with E-state index in [9.17, 15) is 9.59 Å². The molecular weight excluding hydrogens is 342 g/mol. The van der Waals surface area contributed by atoms with Gasteiger partial charge in [-0.2, -0.15) is 5.10 Å². The van der Waals surface area contributed by atoms with Gasteiger partial charge in [-0.3, -0.25) is 14.3 Å². The highest BCUT2D eigenvalue weighted by Crippen LogP contribution is 2.23. The lowest BCUT2D eigenvalue weighted by Gasteiger charge is -2.27. The van der Waals surface area contributed by atoms with E-state index < -0.39 is 0 Å². The fourth-order valence-corrected chi connectivity index (χ4v) is 3.20. The molecule has 2 aliphatic rings. The summed E-state index contributed by atoms with van der Waals surface area (Å²) < 4.78 is 1.56. The van der Waals surface area contributed by atoms with E-state index in [0.29, 0.717) is 30.0 Å². The summed E-state index contributed by atoms with van der Waals surface area (Å²) in [6.07, 6.45) is 8.33. The summed E-state index contributed by atoms with van der Waals surface area (Å²) in [7, 11) is 0. The number of hydrogen-bond donors (Lipinski definition) is 3. The van der Waals surface area contributed by atoms with Gasteiger partial charge in [0, 0.05) is 18.7 Å². The third-order valence-electron chi connectivity index (χ3n) is 4.81. The van der Waals surface area contributed by atoms with Crippen molar-refractivity contribution in [3.8, 4) is 0 Å². The summed E-state index contributed by atoms with van der Waals surface area (Å²) >= 11 is 0. The molecule has 0 radical (unpaired) electrons. The number of amides is 2. The average molecular weight is 370 g/mol. The Kier molecular flexibility index (Phi) is 7.25.